The fraction of sp³-hybridized carbons (Fsp3) is 0.500. The molecule has 0 bridgehead atoms. The monoisotopic (exact) mass is 696 g/mol. The molecular formula is C34H48N8O8. The molecule has 0 aliphatic rings. The van der Waals surface area contributed by atoms with Gasteiger partial charge in [-0.05, 0) is 70.6 Å². The number of aromatic amines is 1. The van der Waals surface area contributed by atoms with Crippen molar-refractivity contribution in [3.8, 4) is 11.3 Å². The molecule has 2 heterocycles. The third kappa shape index (κ3) is 11.1. The first-order valence-corrected chi connectivity index (χ1v) is 16.7. The van der Waals surface area contributed by atoms with E-state index >= 15 is 0 Å². The van der Waals surface area contributed by atoms with Gasteiger partial charge in [0.1, 0.15) is 17.7 Å². The highest BCUT2D eigenvalue weighted by atomic mass is 16.5. The van der Waals surface area contributed by atoms with Gasteiger partial charge in [0.2, 0.25) is 17.8 Å². The average Bonchev–Trinajstić information content (AvgIpc) is 3.06. The number of amides is 4. The summed E-state index contributed by atoms with van der Waals surface area (Å²) in [6, 6.07) is 4.96. The van der Waals surface area contributed by atoms with E-state index in [1.807, 2.05) is 39.8 Å². The average molecular weight is 697 g/mol. The first kappa shape index (κ1) is 39.2. The Morgan fingerprint density at radius 2 is 1.72 bits per heavy atom. The second kappa shape index (κ2) is 18.5. The maximum Gasteiger partial charge on any atom is 0.345 e. The molecule has 3 rings (SSSR count). The Balaban J connectivity index is 1.49. The number of rotatable bonds is 17. The van der Waals surface area contributed by atoms with Crippen LogP contribution in [0.5, 0.6) is 0 Å². The molecule has 3 unspecified atom stereocenters. The second-order valence-corrected chi connectivity index (χ2v) is 12.2. The molecule has 3 atom stereocenters. The standard InChI is InChI=1S/C34H48N8O8/c1-7-42(8-2)22-13-12-21-16-23(31(46)50-27(21)17-22)25-18-28(43)40-33(39-25)41-34(48)36-14-10-9-11-24(35)30(45)37-20(5)29(44)38-26(15-19(3)4)32(47)49-6/h12-13,16-20,24,26H,7-11,14-15,35H2,1-6H3,(H,37,45)(H,38,44)(H3,36,39,40,41,43,48). The van der Waals surface area contributed by atoms with Crippen molar-refractivity contribution in [3.63, 3.8) is 0 Å². The quantitative estimate of drug-likeness (QED) is 0.0681. The topological polar surface area (TPSA) is 231 Å². The molecular weight excluding hydrogens is 648 g/mol. The van der Waals surface area contributed by atoms with Crippen molar-refractivity contribution in [1.82, 2.24) is 25.9 Å². The van der Waals surface area contributed by atoms with Gasteiger partial charge < -0.3 is 35.7 Å². The number of fused-ring (bicyclic) bond motifs is 1. The van der Waals surface area contributed by atoms with E-state index in [1.165, 1.54) is 14.0 Å². The number of esters is 1. The van der Waals surface area contributed by atoms with Gasteiger partial charge in [0, 0.05) is 42.8 Å². The number of carbonyl (C=O) groups excluding carboxylic acids is 4. The lowest BCUT2D eigenvalue weighted by Crippen LogP contribution is -2.53. The zero-order valence-electron chi connectivity index (χ0n) is 29.4. The molecule has 50 heavy (non-hydrogen) atoms. The first-order chi connectivity index (χ1) is 23.8. The molecule has 0 aliphatic carbocycles. The number of carbonyl (C=O) groups is 4. The van der Waals surface area contributed by atoms with Crippen molar-refractivity contribution in [3.05, 3.63) is 51.1 Å². The highest BCUT2D eigenvalue weighted by molar-refractivity contribution is 5.92. The number of nitrogens with one attached hydrogen (secondary N) is 5. The predicted octanol–water partition coefficient (Wildman–Crippen LogP) is 2.22. The van der Waals surface area contributed by atoms with Crippen LogP contribution < -0.4 is 43.1 Å². The van der Waals surface area contributed by atoms with Gasteiger partial charge in [0.05, 0.1) is 24.4 Å². The van der Waals surface area contributed by atoms with Gasteiger partial charge in [-0.25, -0.2) is 19.4 Å². The summed E-state index contributed by atoms with van der Waals surface area (Å²) >= 11 is 0. The van der Waals surface area contributed by atoms with E-state index in [0.717, 1.165) is 24.8 Å². The number of benzene rings is 1. The highest BCUT2D eigenvalue weighted by Crippen LogP contribution is 2.24. The van der Waals surface area contributed by atoms with Crippen molar-refractivity contribution >= 4 is 46.4 Å². The number of unbranched alkanes of at least 4 members (excludes halogenated alkanes) is 1. The van der Waals surface area contributed by atoms with Crippen molar-refractivity contribution < 1.29 is 28.3 Å². The summed E-state index contributed by atoms with van der Waals surface area (Å²) in [5.41, 5.74) is 6.15. The largest absolute Gasteiger partial charge is 0.467 e. The van der Waals surface area contributed by atoms with Gasteiger partial charge in [-0.3, -0.25) is 24.7 Å². The molecule has 0 saturated heterocycles. The van der Waals surface area contributed by atoms with Crippen LogP contribution in [-0.2, 0) is 19.1 Å². The molecule has 3 aromatic rings. The van der Waals surface area contributed by atoms with Gasteiger partial charge in [-0.1, -0.05) is 13.8 Å². The molecule has 0 saturated carbocycles. The molecule has 272 valence electrons. The van der Waals surface area contributed by atoms with E-state index in [9.17, 15) is 28.8 Å². The number of H-pyrrole nitrogens is 1. The Kier molecular flexibility index (Phi) is 14.5. The van der Waals surface area contributed by atoms with Gasteiger partial charge in [-0.2, -0.15) is 0 Å². The van der Waals surface area contributed by atoms with Crippen molar-refractivity contribution in [2.45, 2.75) is 78.4 Å². The maximum absolute atomic E-state index is 12.9. The summed E-state index contributed by atoms with van der Waals surface area (Å²) in [7, 11) is 1.24. The fourth-order valence-corrected chi connectivity index (χ4v) is 5.20. The number of hydrogen-bond acceptors (Lipinski definition) is 11. The Hall–Kier alpha value is -5.25. The molecule has 16 nitrogen and oxygen atoms in total. The molecule has 1 aromatic carbocycles. The maximum atomic E-state index is 12.9. The normalized spacial score (nSPS) is 12.9. The molecule has 0 radical (unpaired) electrons. The SMILES string of the molecule is CCN(CC)c1ccc2cc(-c3cc(=O)[nH]c(NC(=O)NCCCCC(N)C(=O)NC(C)C(=O)NC(CC(C)C)C(=O)OC)n3)c(=O)oc2c1. The molecule has 0 aliphatic heterocycles. The smallest absolute Gasteiger partial charge is 0.345 e. The summed E-state index contributed by atoms with van der Waals surface area (Å²) in [5.74, 6) is -1.68. The Morgan fingerprint density at radius 3 is 2.38 bits per heavy atom. The minimum absolute atomic E-state index is 0.0328. The van der Waals surface area contributed by atoms with Gasteiger partial charge in [0.15, 0.2) is 0 Å². The summed E-state index contributed by atoms with van der Waals surface area (Å²) in [6.45, 7) is 11.2. The number of ether oxygens (including phenoxy) is 1. The van der Waals surface area contributed by atoms with E-state index < -0.39 is 53.1 Å². The van der Waals surface area contributed by atoms with Gasteiger partial charge in [-0.15, -0.1) is 0 Å². The summed E-state index contributed by atoms with van der Waals surface area (Å²) in [4.78, 5) is 83.7. The van der Waals surface area contributed by atoms with Crippen LogP contribution in [0.25, 0.3) is 22.2 Å². The number of aromatic nitrogens is 2. The lowest BCUT2D eigenvalue weighted by atomic mass is 10.0. The fourth-order valence-electron chi connectivity index (χ4n) is 5.20. The molecule has 7 N–H and O–H groups in total. The zero-order chi connectivity index (χ0) is 37.0. The summed E-state index contributed by atoms with van der Waals surface area (Å²) < 4.78 is 10.3. The van der Waals surface area contributed by atoms with Crippen molar-refractivity contribution in [1.29, 1.82) is 0 Å². The summed E-state index contributed by atoms with van der Waals surface area (Å²) in [5, 5.41) is 10.9. The molecule has 0 spiro atoms. The number of hydrogen-bond donors (Lipinski definition) is 6. The minimum Gasteiger partial charge on any atom is -0.467 e. The lowest BCUT2D eigenvalue weighted by molar-refractivity contribution is -0.145. The van der Waals surface area contributed by atoms with E-state index in [1.54, 1.807) is 12.1 Å². The molecule has 16 heteroatoms. The number of nitrogens with two attached hydrogens (primary N) is 1. The molecule has 4 amide bonds. The van der Waals surface area contributed by atoms with E-state index in [4.69, 9.17) is 14.9 Å². The van der Waals surface area contributed by atoms with Crippen molar-refractivity contribution in [2.24, 2.45) is 11.7 Å². The molecule has 2 aromatic heterocycles. The third-order valence-electron chi connectivity index (χ3n) is 7.92. The molecule has 0 fully saturated rings. The highest BCUT2D eigenvalue weighted by Gasteiger charge is 2.26. The van der Waals surface area contributed by atoms with Crippen LogP contribution in [0, 0.1) is 5.92 Å². The number of anilines is 2. The number of methoxy groups -OCH3 is 1. The van der Waals surface area contributed by atoms with Gasteiger partial charge >= 0.3 is 17.6 Å². The van der Waals surface area contributed by atoms with E-state index in [0.29, 0.717) is 30.2 Å². The van der Waals surface area contributed by atoms with Crippen LogP contribution in [0.4, 0.5) is 16.4 Å². The Morgan fingerprint density at radius 1 is 1.00 bits per heavy atom. The zero-order valence-corrected chi connectivity index (χ0v) is 29.4. The van der Waals surface area contributed by atoms with Crippen LogP contribution in [0.3, 0.4) is 0 Å². The van der Waals surface area contributed by atoms with Crippen LogP contribution in [0.2, 0.25) is 0 Å². The van der Waals surface area contributed by atoms with Crippen LogP contribution in [0.1, 0.15) is 60.3 Å². The predicted molar refractivity (Wildman–Crippen MR) is 190 cm³/mol. The summed E-state index contributed by atoms with van der Waals surface area (Å²) in [6.07, 6.45) is 1.61. The minimum atomic E-state index is -0.932. The lowest BCUT2D eigenvalue weighted by Gasteiger charge is -2.22. The first-order valence-electron chi connectivity index (χ1n) is 16.7. The second-order valence-electron chi connectivity index (χ2n) is 12.2. The number of nitrogens with zero attached hydrogens (tertiary/aromatic N) is 2. The van der Waals surface area contributed by atoms with Crippen LogP contribution >= 0.6 is 0 Å². The Bertz CT molecular complexity index is 1770. The van der Waals surface area contributed by atoms with Crippen LogP contribution in [-0.4, -0.2) is 78.7 Å². The van der Waals surface area contributed by atoms with Crippen LogP contribution in [0.15, 0.2) is 44.3 Å². The van der Waals surface area contributed by atoms with E-state index in [-0.39, 0.29) is 36.1 Å². The number of urea groups is 1. The van der Waals surface area contributed by atoms with E-state index in [2.05, 4.69) is 36.1 Å². The third-order valence-corrected chi connectivity index (χ3v) is 7.92. The van der Waals surface area contributed by atoms with Gasteiger partial charge in [0.25, 0.3) is 5.56 Å². The van der Waals surface area contributed by atoms with Crippen molar-refractivity contribution in [2.75, 3.05) is 37.0 Å². The Labute approximate surface area is 289 Å².